The molecule has 0 atom stereocenters. The molecule has 0 bridgehead atoms. The minimum absolute atomic E-state index is 0.0520. The van der Waals surface area contributed by atoms with E-state index >= 15 is 0 Å². The molecule has 0 aliphatic carbocycles. The molecule has 2 aromatic rings. The third kappa shape index (κ3) is 4.10. The van der Waals surface area contributed by atoms with Crippen LogP contribution in [0.25, 0.3) is 0 Å². The molecule has 2 N–H and O–H groups in total. The van der Waals surface area contributed by atoms with Gasteiger partial charge < -0.3 is 15.1 Å². The van der Waals surface area contributed by atoms with Gasteiger partial charge in [-0.1, -0.05) is 17.7 Å². The first-order valence-corrected chi connectivity index (χ1v) is 6.82. The Bertz CT molecular complexity index is 635. The molecule has 0 unspecified atom stereocenters. The van der Waals surface area contributed by atoms with Crippen LogP contribution in [0.4, 0.5) is 0 Å². The lowest BCUT2D eigenvalue weighted by atomic mass is 10.1. The number of rotatable bonds is 5. The first-order valence-electron chi connectivity index (χ1n) is 6.44. The van der Waals surface area contributed by atoms with Crippen molar-refractivity contribution in [3.05, 3.63) is 58.5 Å². The average Bonchev–Trinajstić information content (AvgIpc) is 2.90. The Morgan fingerprint density at radius 2 is 1.67 bits per heavy atom. The summed E-state index contributed by atoms with van der Waals surface area (Å²) < 4.78 is 4.83. The van der Waals surface area contributed by atoms with E-state index in [0.29, 0.717) is 18.7 Å². The molecule has 0 aliphatic heterocycles. The largest absolute Gasteiger partial charge is 0.452 e. The molecule has 1 aromatic heterocycles. The minimum atomic E-state index is -0.335. The summed E-state index contributed by atoms with van der Waals surface area (Å²) in [6.45, 7) is 2.59. The number of benzene rings is 1. The first-order chi connectivity index (χ1) is 10.1. The van der Waals surface area contributed by atoms with Gasteiger partial charge in [-0.05, 0) is 36.7 Å². The summed E-state index contributed by atoms with van der Waals surface area (Å²) in [6.07, 6.45) is 1.34. The molecule has 0 radical (unpaired) electrons. The van der Waals surface area contributed by atoms with Crippen molar-refractivity contribution in [1.82, 2.24) is 10.6 Å². The smallest absolute Gasteiger partial charge is 0.256 e. The number of carbonyl (C=O) groups excluding carboxylic acids is 2. The lowest BCUT2D eigenvalue weighted by Gasteiger charge is -2.07. The molecule has 5 nitrogen and oxygen atoms in total. The van der Waals surface area contributed by atoms with E-state index < -0.39 is 0 Å². The molecule has 2 amide bonds. The molecular formula is C15H15ClN2O3. The highest BCUT2D eigenvalue weighted by atomic mass is 35.5. The second-order valence-corrected chi connectivity index (χ2v) is 4.83. The van der Waals surface area contributed by atoms with Gasteiger partial charge in [0.15, 0.2) is 0 Å². The van der Waals surface area contributed by atoms with E-state index in [1.807, 2.05) is 19.1 Å². The van der Waals surface area contributed by atoms with Crippen LogP contribution in [0.2, 0.25) is 5.22 Å². The van der Waals surface area contributed by atoms with Crippen LogP contribution in [0.1, 0.15) is 26.3 Å². The molecule has 0 spiro atoms. The van der Waals surface area contributed by atoms with Crippen molar-refractivity contribution in [2.24, 2.45) is 0 Å². The van der Waals surface area contributed by atoms with Crippen molar-refractivity contribution in [1.29, 1.82) is 0 Å². The molecular weight excluding hydrogens is 292 g/mol. The molecule has 1 aromatic carbocycles. The molecule has 0 fully saturated rings. The van der Waals surface area contributed by atoms with Crippen LogP contribution in [-0.2, 0) is 0 Å². The zero-order valence-electron chi connectivity index (χ0n) is 11.5. The highest BCUT2D eigenvalue weighted by Crippen LogP contribution is 2.15. The second-order valence-electron chi connectivity index (χ2n) is 4.49. The van der Waals surface area contributed by atoms with Crippen molar-refractivity contribution < 1.29 is 14.0 Å². The number of furan rings is 1. The predicted molar refractivity (Wildman–Crippen MR) is 79.6 cm³/mol. The van der Waals surface area contributed by atoms with Crippen molar-refractivity contribution in [3.63, 3.8) is 0 Å². The van der Waals surface area contributed by atoms with Crippen LogP contribution in [0.3, 0.4) is 0 Å². The number of amides is 2. The standard InChI is InChI=1S/C15H15ClN2O3/c1-10-2-4-11(5-3-10)14(19)17-7-8-18-15(20)12-6-9-21-13(12)16/h2-6,9H,7-8H2,1H3,(H,17,19)(H,18,20). The fraction of sp³-hybridized carbons (Fsp3) is 0.200. The molecule has 110 valence electrons. The monoisotopic (exact) mass is 306 g/mol. The maximum Gasteiger partial charge on any atom is 0.256 e. The number of aryl methyl sites for hydroxylation is 1. The summed E-state index contributed by atoms with van der Waals surface area (Å²) in [4.78, 5) is 23.5. The Hall–Kier alpha value is -2.27. The van der Waals surface area contributed by atoms with Gasteiger partial charge in [0.05, 0.1) is 11.8 Å². The quantitative estimate of drug-likeness (QED) is 0.833. The lowest BCUT2D eigenvalue weighted by Crippen LogP contribution is -2.34. The number of hydrogen-bond acceptors (Lipinski definition) is 3. The summed E-state index contributed by atoms with van der Waals surface area (Å²) in [7, 11) is 0. The average molecular weight is 307 g/mol. The summed E-state index contributed by atoms with van der Waals surface area (Å²) >= 11 is 5.69. The first kappa shape index (κ1) is 15.1. The zero-order chi connectivity index (χ0) is 15.2. The zero-order valence-corrected chi connectivity index (χ0v) is 12.2. The topological polar surface area (TPSA) is 71.3 Å². The van der Waals surface area contributed by atoms with Crippen LogP contribution in [0, 0.1) is 6.92 Å². The van der Waals surface area contributed by atoms with Gasteiger partial charge in [0.2, 0.25) is 5.22 Å². The molecule has 0 saturated carbocycles. The normalized spacial score (nSPS) is 10.2. The van der Waals surface area contributed by atoms with Crippen molar-refractivity contribution >= 4 is 23.4 Å². The van der Waals surface area contributed by atoms with Crippen LogP contribution >= 0.6 is 11.6 Å². The van der Waals surface area contributed by atoms with Crippen LogP contribution in [0.15, 0.2) is 41.0 Å². The van der Waals surface area contributed by atoms with E-state index in [4.69, 9.17) is 16.0 Å². The predicted octanol–water partition coefficient (Wildman–Crippen LogP) is 2.40. The summed E-state index contributed by atoms with van der Waals surface area (Å²) in [5.74, 6) is -0.510. The summed E-state index contributed by atoms with van der Waals surface area (Å²) in [5.41, 5.74) is 1.96. The van der Waals surface area contributed by atoms with E-state index in [2.05, 4.69) is 10.6 Å². The maximum absolute atomic E-state index is 11.8. The van der Waals surface area contributed by atoms with Gasteiger partial charge in [-0.2, -0.15) is 0 Å². The Morgan fingerprint density at radius 1 is 1.05 bits per heavy atom. The Balaban J connectivity index is 1.75. The number of hydrogen-bond donors (Lipinski definition) is 2. The third-order valence-corrected chi connectivity index (χ3v) is 3.17. The Kier molecular flexibility index (Phi) is 5.00. The number of halogens is 1. The van der Waals surface area contributed by atoms with E-state index in [9.17, 15) is 9.59 Å². The minimum Gasteiger partial charge on any atom is -0.452 e. The highest BCUT2D eigenvalue weighted by Gasteiger charge is 2.12. The van der Waals surface area contributed by atoms with Gasteiger partial charge in [-0.3, -0.25) is 9.59 Å². The van der Waals surface area contributed by atoms with Gasteiger partial charge in [-0.15, -0.1) is 0 Å². The SMILES string of the molecule is Cc1ccc(C(=O)NCCNC(=O)c2ccoc2Cl)cc1. The van der Waals surface area contributed by atoms with E-state index in [-0.39, 0.29) is 22.6 Å². The fourth-order valence-electron chi connectivity index (χ4n) is 1.71. The molecule has 21 heavy (non-hydrogen) atoms. The van der Waals surface area contributed by atoms with Crippen LogP contribution < -0.4 is 10.6 Å². The summed E-state index contributed by atoms with van der Waals surface area (Å²) in [6, 6.07) is 8.75. The van der Waals surface area contributed by atoms with E-state index in [1.54, 1.807) is 12.1 Å². The van der Waals surface area contributed by atoms with Gasteiger partial charge in [-0.25, -0.2) is 0 Å². The highest BCUT2D eigenvalue weighted by molar-refractivity contribution is 6.32. The van der Waals surface area contributed by atoms with Gasteiger partial charge >= 0.3 is 0 Å². The van der Waals surface area contributed by atoms with E-state index in [0.717, 1.165) is 5.56 Å². The van der Waals surface area contributed by atoms with Crippen LogP contribution in [-0.4, -0.2) is 24.9 Å². The Morgan fingerprint density at radius 3 is 2.24 bits per heavy atom. The molecule has 1 heterocycles. The van der Waals surface area contributed by atoms with Crippen LogP contribution in [0.5, 0.6) is 0 Å². The van der Waals surface area contributed by atoms with Gasteiger partial charge in [0.25, 0.3) is 11.8 Å². The maximum atomic E-state index is 11.8. The molecule has 0 saturated heterocycles. The van der Waals surface area contributed by atoms with Crippen molar-refractivity contribution in [2.75, 3.05) is 13.1 Å². The van der Waals surface area contributed by atoms with Gasteiger partial charge in [0.1, 0.15) is 0 Å². The van der Waals surface area contributed by atoms with E-state index in [1.165, 1.54) is 12.3 Å². The molecule has 6 heteroatoms. The van der Waals surface area contributed by atoms with Crippen molar-refractivity contribution in [2.45, 2.75) is 6.92 Å². The third-order valence-electron chi connectivity index (χ3n) is 2.87. The lowest BCUT2D eigenvalue weighted by molar-refractivity contribution is 0.0927. The number of nitrogens with one attached hydrogen (secondary N) is 2. The second kappa shape index (κ2) is 6.95. The molecule has 0 aliphatic rings. The van der Waals surface area contributed by atoms with Crippen molar-refractivity contribution in [3.8, 4) is 0 Å². The fourth-order valence-corrected chi connectivity index (χ4v) is 1.91. The Labute approximate surface area is 127 Å². The summed E-state index contributed by atoms with van der Waals surface area (Å²) in [5, 5.41) is 5.42. The van der Waals surface area contributed by atoms with Gasteiger partial charge in [0, 0.05) is 18.7 Å². The number of carbonyl (C=O) groups is 2. The molecule has 2 rings (SSSR count).